The van der Waals surface area contributed by atoms with Crippen molar-refractivity contribution in [1.82, 2.24) is 0 Å². The van der Waals surface area contributed by atoms with Crippen molar-refractivity contribution in [3.63, 3.8) is 0 Å². The van der Waals surface area contributed by atoms with Gasteiger partial charge in [0.1, 0.15) is 29.1 Å². The summed E-state index contributed by atoms with van der Waals surface area (Å²) in [6.07, 6.45) is 0.0387. The second-order valence-corrected chi connectivity index (χ2v) is 2.95. The zero-order valence-corrected chi connectivity index (χ0v) is 9.02. The van der Waals surface area contributed by atoms with E-state index in [1.807, 2.05) is 53.3 Å². The van der Waals surface area contributed by atoms with Crippen LogP contribution in [0.1, 0.15) is 11.7 Å². The number of hydrogen-bond acceptors (Lipinski definition) is 2. The third-order valence-electron chi connectivity index (χ3n) is 1.60. The first-order valence-electron chi connectivity index (χ1n) is 3.69. The average molecular weight is 278 g/mol. The molecule has 1 aromatic carbocycles. The smallest absolute Gasteiger partial charge is 0.118 e. The summed E-state index contributed by atoms with van der Waals surface area (Å²) in [4.78, 5) is 0. The van der Waals surface area contributed by atoms with Crippen molar-refractivity contribution in [3.8, 4) is 0 Å². The van der Waals surface area contributed by atoms with Gasteiger partial charge in [-0.05, 0) is 5.56 Å². The normalized spacial score (nSPS) is 12.8. The first-order chi connectivity index (χ1) is 5.88. The molecule has 3 heteroatoms. The predicted molar refractivity (Wildman–Crippen MR) is 56.2 cm³/mol. The second-order valence-electron chi connectivity index (χ2n) is 2.44. The molecule has 0 amide bonds. The highest BCUT2D eigenvalue weighted by molar-refractivity contribution is 14.1. The van der Waals surface area contributed by atoms with Gasteiger partial charge in [0, 0.05) is 7.11 Å². The molecule has 0 heterocycles. The van der Waals surface area contributed by atoms with Crippen LogP contribution >= 0.6 is 23.0 Å². The predicted octanol–water partition coefficient (Wildman–Crippen LogP) is 2.74. The lowest BCUT2D eigenvalue weighted by Gasteiger charge is -2.12. The van der Waals surface area contributed by atoms with Crippen molar-refractivity contribution in [2.75, 3.05) is 13.7 Å². The summed E-state index contributed by atoms with van der Waals surface area (Å²) in [6, 6.07) is 10.0. The zero-order chi connectivity index (χ0) is 8.81. The number of benzene rings is 1. The van der Waals surface area contributed by atoms with Crippen LogP contribution in [0.25, 0.3) is 0 Å². The van der Waals surface area contributed by atoms with Crippen LogP contribution in [0.4, 0.5) is 0 Å². The highest BCUT2D eigenvalue weighted by Crippen LogP contribution is 2.19. The largest absolute Gasteiger partial charge is 0.382 e. The lowest BCUT2D eigenvalue weighted by Crippen LogP contribution is -2.05. The van der Waals surface area contributed by atoms with Crippen LogP contribution in [0.3, 0.4) is 0 Å². The van der Waals surface area contributed by atoms with E-state index in [0.717, 1.165) is 5.56 Å². The van der Waals surface area contributed by atoms with Gasteiger partial charge in [0.05, 0.1) is 6.61 Å². The Morgan fingerprint density at radius 3 is 2.50 bits per heavy atom. The Labute approximate surface area is 86.6 Å². The van der Waals surface area contributed by atoms with Gasteiger partial charge in [-0.3, -0.25) is 0 Å². The van der Waals surface area contributed by atoms with Gasteiger partial charge in [0.25, 0.3) is 0 Å². The van der Waals surface area contributed by atoms with E-state index in [-0.39, 0.29) is 6.10 Å². The van der Waals surface area contributed by atoms with Crippen LogP contribution in [0, 0.1) is 0 Å². The summed E-state index contributed by atoms with van der Waals surface area (Å²) in [7, 11) is 1.67. The summed E-state index contributed by atoms with van der Waals surface area (Å²) < 4.78 is 10.2. The Bertz CT molecular complexity index is 213. The zero-order valence-electron chi connectivity index (χ0n) is 6.87. The van der Waals surface area contributed by atoms with E-state index in [4.69, 9.17) is 7.80 Å². The summed E-state index contributed by atoms with van der Waals surface area (Å²) in [6.45, 7) is 0.590. The van der Waals surface area contributed by atoms with Crippen LogP contribution in [-0.4, -0.2) is 13.7 Å². The molecule has 1 unspecified atom stereocenters. The number of hydrogen-bond donors (Lipinski definition) is 0. The molecule has 12 heavy (non-hydrogen) atoms. The van der Waals surface area contributed by atoms with Gasteiger partial charge >= 0.3 is 0 Å². The Hall–Kier alpha value is -0.130. The average Bonchev–Trinajstić information content (AvgIpc) is 2.15. The Balaban J connectivity index is 2.66. The molecular weight excluding hydrogens is 267 g/mol. The molecule has 1 rings (SSSR count). The van der Waals surface area contributed by atoms with Crippen LogP contribution in [0.2, 0.25) is 0 Å². The Morgan fingerprint density at radius 2 is 2.00 bits per heavy atom. The van der Waals surface area contributed by atoms with Crippen molar-refractivity contribution in [3.05, 3.63) is 35.9 Å². The highest BCUT2D eigenvalue weighted by atomic mass is 127. The summed E-state index contributed by atoms with van der Waals surface area (Å²) in [5.41, 5.74) is 1.15. The molecule has 0 bridgehead atoms. The van der Waals surface area contributed by atoms with Crippen molar-refractivity contribution in [1.29, 1.82) is 0 Å². The lowest BCUT2D eigenvalue weighted by molar-refractivity contribution is 0.109. The van der Waals surface area contributed by atoms with E-state index in [9.17, 15) is 0 Å². The molecule has 1 aromatic rings. The first kappa shape index (κ1) is 9.95. The molecule has 0 fully saturated rings. The second kappa shape index (κ2) is 5.50. The molecule has 0 aliphatic carbocycles. The number of halogens is 1. The van der Waals surface area contributed by atoms with Gasteiger partial charge in [-0.1, -0.05) is 30.3 Å². The van der Waals surface area contributed by atoms with Gasteiger partial charge in [0.15, 0.2) is 0 Å². The van der Waals surface area contributed by atoms with Crippen LogP contribution in [0.5, 0.6) is 0 Å². The number of ether oxygens (including phenoxy) is 1. The van der Waals surface area contributed by atoms with Gasteiger partial charge in [-0.15, -0.1) is 0 Å². The monoisotopic (exact) mass is 278 g/mol. The SMILES string of the molecule is COCC(OI)c1ccccc1. The molecule has 0 aliphatic heterocycles. The molecule has 0 N–H and O–H groups in total. The molecule has 0 saturated carbocycles. The molecule has 0 aliphatic rings. The highest BCUT2D eigenvalue weighted by Gasteiger charge is 2.09. The minimum Gasteiger partial charge on any atom is -0.382 e. The Morgan fingerprint density at radius 1 is 1.33 bits per heavy atom. The fraction of sp³-hybridized carbons (Fsp3) is 0.333. The van der Waals surface area contributed by atoms with Gasteiger partial charge < -0.3 is 7.80 Å². The minimum absolute atomic E-state index is 0.0387. The van der Waals surface area contributed by atoms with Crippen LogP contribution in [-0.2, 0) is 7.80 Å². The quantitative estimate of drug-likeness (QED) is 0.788. The van der Waals surface area contributed by atoms with Crippen molar-refractivity contribution in [2.45, 2.75) is 6.10 Å². The molecular formula is C9H11IO2. The van der Waals surface area contributed by atoms with E-state index in [0.29, 0.717) is 6.61 Å². The fourth-order valence-electron chi connectivity index (χ4n) is 0.992. The van der Waals surface area contributed by atoms with E-state index < -0.39 is 0 Å². The molecule has 0 spiro atoms. The van der Waals surface area contributed by atoms with Crippen LogP contribution < -0.4 is 0 Å². The van der Waals surface area contributed by atoms with E-state index >= 15 is 0 Å². The van der Waals surface area contributed by atoms with E-state index in [2.05, 4.69) is 0 Å². The van der Waals surface area contributed by atoms with Crippen LogP contribution in [0.15, 0.2) is 30.3 Å². The maximum Gasteiger partial charge on any atom is 0.118 e. The lowest BCUT2D eigenvalue weighted by atomic mass is 10.1. The summed E-state index contributed by atoms with van der Waals surface area (Å²) in [5, 5.41) is 0. The van der Waals surface area contributed by atoms with Gasteiger partial charge in [-0.25, -0.2) is 0 Å². The molecule has 1 atom stereocenters. The molecule has 2 nitrogen and oxygen atoms in total. The summed E-state index contributed by atoms with van der Waals surface area (Å²) in [5.74, 6) is 0. The van der Waals surface area contributed by atoms with Crippen molar-refractivity contribution < 1.29 is 7.80 Å². The maximum absolute atomic E-state index is 5.22. The fourth-order valence-corrected chi connectivity index (χ4v) is 1.43. The molecule has 0 saturated heterocycles. The number of methoxy groups -OCH3 is 1. The minimum atomic E-state index is 0.0387. The van der Waals surface area contributed by atoms with Crippen molar-refractivity contribution in [2.24, 2.45) is 0 Å². The molecule has 66 valence electrons. The van der Waals surface area contributed by atoms with Gasteiger partial charge in [-0.2, -0.15) is 0 Å². The third-order valence-corrected chi connectivity index (χ3v) is 2.21. The van der Waals surface area contributed by atoms with Gasteiger partial charge in [0.2, 0.25) is 0 Å². The third kappa shape index (κ3) is 2.73. The maximum atomic E-state index is 5.22. The standard InChI is InChI=1S/C9H11IO2/c1-11-7-9(12-10)8-5-3-2-4-6-8/h2-6,9H,7H2,1H3. The molecule has 0 radical (unpaired) electrons. The first-order valence-corrected chi connectivity index (χ1v) is 4.58. The summed E-state index contributed by atoms with van der Waals surface area (Å²) >= 11 is 1.90. The van der Waals surface area contributed by atoms with Crippen molar-refractivity contribution >= 4 is 23.0 Å². The topological polar surface area (TPSA) is 18.5 Å². The Kier molecular flexibility index (Phi) is 4.57. The molecule has 0 aromatic heterocycles. The van der Waals surface area contributed by atoms with E-state index in [1.165, 1.54) is 0 Å². The van der Waals surface area contributed by atoms with E-state index in [1.54, 1.807) is 7.11 Å². The number of rotatable bonds is 4.